The van der Waals surface area contributed by atoms with Gasteiger partial charge in [-0.2, -0.15) is 0 Å². The molecule has 72 valence electrons. The number of nitrogens with one attached hydrogen (secondary N) is 1. The Bertz CT molecular complexity index is 139. The molecule has 0 saturated heterocycles. The molecule has 5 N–H and O–H groups in total. The van der Waals surface area contributed by atoms with Crippen molar-refractivity contribution >= 4 is 5.84 Å². The molecule has 0 aromatic heterocycles. The Morgan fingerprint density at radius 2 is 2.33 bits per heavy atom. The van der Waals surface area contributed by atoms with Crippen molar-refractivity contribution in [3.05, 3.63) is 0 Å². The van der Waals surface area contributed by atoms with Crippen LogP contribution < -0.4 is 11.1 Å². The number of amidine groups is 1. The number of aliphatic hydroxyl groups excluding tert-OH is 1. The smallest absolute Gasteiger partial charge is 0.153 e. The first-order chi connectivity index (χ1) is 5.70. The van der Waals surface area contributed by atoms with Gasteiger partial charge in [0.2, 0.25) is 0 Å². The van der Waals surface area contributed by atoms with Crippen LogP contribution in [0.3, 0.4) is 0 Å². The van der Waals surface area contributed by atoms with E-state index < -0.39 is 0 Å². The van der Waals surface area contributed by atoms with E-state index in [1.807, 2.05) is 6.92 Å². The van der Waals surface area contributed by atoms with E-state index in [9.17, 15) is 0 Å². The zero-order valence-electron chi connectivity index (χ0n) is 7.32. The summed E-state index contributed by atoms with van der Waals surface area (Å²) in [6.07, 6.45) is 0.767. The fourth-order valence-electron chi connectivity index (χ4n) is 0.804. The third kappa shape index (κ3) is 5.94. The average molecular weight is 175 g/mol. The highest BCUT2D eigenvalue weighted by Gasteiger charge is 2.00. The molecule has 0 fully saturated rings. The van der Waals surface area contributed by atoms with Gasteiger partial charge < -0.3 is 21.4 Å². The first kappa shape index (κ1) is 11.2. The summed E-state index contributed by atoms with van der Waals surface area (Å²) < 4.78 is 0. The number of oxime groups is 1. The number of hydrogen-bond donors (Lipinski definition) is 4. The molecule has 0 saturated carbocycles. The maximum atomic E-state index is 8.58. The van der Waals surface area contributed by atoms with E-state index in [2.05, 4.69) is 10.5 Å². The van der Waals surface area contributed by atoms with E-state index in [1.54, 1.807) is 0 Å². The van der Waals surface area contributed by atoms with Crippen LogP contribution in [0, 0.1) is 5.92 Å². The first-order valence-electron chi connectivity index (χ1n) is 3.98. The SMILES string of the molecule is CC(CCO)CNCC(N)=NO. The summed E-state index contributed by atoms with van der Waals surface area (Å²) in [6, 6.07) is 0. The fraction of sp³-hybridized carbons (Fsp3) is 0.857. The predicted molar refractivity (Wildman–Crippen MR) is 47.1 cm³/mol. The standard InChI is InChI=1S/C7H17N3O2/c1-6(2-3-11)4-9-5-7(8)10-12/h6,9,11-12H,2-5H2,1H3,(H2,8,10). The first-order valence-corrected chi connectivity index (χ1v) is 3.98. The molecule has 0 spiro atoms. The minimum Gasteiger partial charge on any atom is -0.409 e. The van der Waals surface area contributed by atoms with Crippen molar-refractivity contribution in [3.8, 4) is 0 Å². The molecule has 0 radical (unpaired) electrons. The summed E-state index contributed by atoms with van der Waals surface area (Å²) in [5.41, 5.74) is 5.22. The number of hydrogen-bond acceptors (Lipinski definition) is 4. The van der Waals surface area contributed by atoms with Crippen LogP contribution >= 0.6 is 0 Å². The normalized spacial score (nSPS) is 14.7. The quantitative estimate of drug-likeness (QED) is 0.187. The van der Waals surface area contributed by atoms with Crippen LogP contribution in [0.4, 0.5) is 0 Å². The van der Waals surface area contributed by atoms with Gasteiger partial charge in [-0.1, -0.05) is 12.1 Å². The van der Waals surface area contributed by atoms with Gasteiger partial charge in [0, 0.05) is 6.61 Å². The van der Waals surface area contributed by atoms with Crippen LogP contribution in [0.25, 0.3) is 0 Å². The van der Waals surface area contributed by atoms with Crippen LogP contribution in [-0.2, 0) is 0 Å². The Morgan fingerprint density at radius 3 is 2.83 bits per heavy atom. The largest absolute Gasteiger partial charge is 0.409 e. The van der Waals surface area contributed by atoms with Crippen LogP contribution in [0.2, 0.25) is 0 Å². The minimum atomic E-state index is 0.172. The van der Waals surface area contributed by atoms with Gasteiger partial charge in [-0.15, -0.1) is 0 Å². The third-order valence-electron chi connectivity index (χ3n) is 1.55. The molecule has 0 aromatic rings. The van der Waals surface area contributed by atoms with Crippen molar-refractivity contribution in [1.82, 2.24) is 5.32 Å². The van der Waals surface area contributed by atoms with E-state index in [1.165, 1.54) is 0 Å². The Morgan fingerprint density at radius 1 is 1.67 bits per heavy atom. The van der Waals surface area contributed by atoms with Crippen molar-refractivity contribution < 1.29 is 10.3 Å². The van der Waals surface area contributed by atoms with Crippen LogP contribution in [-0.4, -0.2) is 35.8 Å². The summed E-state index contributed by atoms with van der Waals surface area (Å²) in [4.78, 5) is 0. The maximum absolute atomic E-state index is 8.58. The van der Waals surface area contributed by atoms with E-state index >= 15 is 0 Å². The molecule has 0 aromatic carbocycles. The van der Waals surface area contributed by atoms with Gasteiger partial charge in [0.05, 0.1) is 6.54 Å². The van der Waals surface area contributed by atoms with Gasteiger partial charge in [0.1, 0.15) is 0 Å². The second kappa shape index (κ2) is 6.87. The maximum Gasteiger partial charge on any atom is 0.153 e. The monoisotopic (exact) mass is 175 g/mol. The molecule has 1 atom stereocenters. The van der Waals surface area contributed by atoms with Crippen molar-refractivity contribution in [2.75, 3.05) is 19.7 Å². The molecular weight excluding hydrogens is 158 g/mol. The molecular formula is C7H17N3O2. The van der Waals surface area contributed by atoms with Crippen molar-refractivity contribution in [1.29, 1.82) is 0 Å². The minimum absolute atomic E-state index is 0.172. The topological polar surface area (TPSA) is 90.9 Å². The van der Waals surface area contributed by atoms with Crippen molar-refractivity contribution in [3.63, 3.8) is 0 Å². The van der Waals surface area contributed by atoms with Gasteiger partial charge in [-0.05, 0) is 18.9 Å². The molecule has 0 heterocycles. The van der Waals surface area contributed by atoms with Crippen molar-refractivity contribution in [2.45, 2.75) is 13.3 Å². The average Bonchev–Trinajstić information content (AvgIpc) is 2.04. The van der Waals surface area contributed by atoms with Gasteiger partial charge in [-0.25, -0.2) is 0 Å². The second-order valence-corrected chi connectivity index (χ2v) is 2.84. The van der Waals surface area contributed by atoms with Crippen LogP contribution in [0.15, 0.2) is 5.16 Å². The second-order valence-electron chi connectivity index (χ2n) is 2.84. The van der Waals surface area contributed by atoms with Gasteiger partial charge in [0.25, 0.3) is 0 Å². The van der Waals surface area contributed by atoms with Crippen LogP contribution in [0.5, 0.6) is 0 Å². The van der Waals surface area contributed by atoms with Gasteiger partial charge >= 0.3 is 0 Å². The summed E-state index contributed by atoms with van der Waals surface area (Å²) in [5.74, 6) is 0.577. The lowest BCUT2D eigenvalue weighted by Crippen LogP contribution is -2.32. The molecule has 12 heavy (non-hydrogen) atoms. The zero-order valence-corrected chi connectivity index (χ0v) is 7.32. The lowest BCUT2D eigenvalue weighted by Gasteiger charge is -2.09. The summed E-state index contributed by atoms with van der Waals surface area (Å²) in [5, 5.41) is 22.6. The highest BCUT2D eigenvalue weighted by atomic mass is 16.4. The Kier molecular flexibility index (Phi) is 6.41. The summed E-state index contributed by atoms with van der Waals surface area (Å²) in [7, 11) is 0. The van der Waals surface area contributed by atoms with E-state index in [-0.39, 0.29) is 12.4 Å². The lowest BCUT2D eigenvalue weighted by molar-refractivity contribution is 0.261. The fourth-order valence-corrected chi connectivity index (χ4v) is 0.804. The molecule has 5 nitrogen and oxygen atoms in total. The van der Waals surface area contributed by atoms with E-state index in [0.717, 1.165) is 13.0 Å². The van der Waals surface area contributed by atoms with Gasteiger partial charge in [-0.3, -0.25) is 0 Å². The number of nitrogens with two attached hydrogens (primary N) is 1. The number of rotatable bonds is 6. The van der Waals surface area contributed by atoms with E-state index in [0.29, 0.717) is 12.5 Å². The van der Waals surface area contributed by atoms with Crippen molar-refractivity contribution in [2.24, 2.45) is 16.8 Å². The molecule has 0 rings (SSSR count). The Labute approximate surface area is 72.3 Å². The number of nitrogens with zero attached hydrogens (tertiary/aromatic N) is 1. The summed E-state index contributed by atoms with van der Waals surface area (Å²) in [6.45, 7) is 3.37. The molecule has 0 aliphatic carbocycles. The highest BCUT2D eigenvalue weighted by Crippen LogP contribution is 1.96. The Hall–Kier alpha value is -0.810. The molecule has 1 unspecified atom stereocenters. The lowest BCUT2D eigenvalue weighted by atomic mass is 10.1. The summed E-state index contributed by atoms with van der Waals surface area (Å²) >= 11 is 0. The molecule has 0 aliphatic rings. The Balaban J connectivity index is 3.30. The predicted octanol–water partition coefficient (Wildman–Crippen LogP) is -0.659. The molecule has 0 bridgehead atoms. The molecule has 0 amide bonds. The molecule has 0 aliphatic heterocycles. The number of aliphatic hydroxyl groups is 1. The van der Waals surface area contributed by atoms with E-state index in [4.69, 9.17) is 16.0 Å². The zero-order chi connectivity index (χ0) is 9.40. The highest BCUT2D eigenvalue weighted by molar-refractivity contribution is 5.81. The van der Waals surface area contributed by atoms with Gasteiger partial charge in [0.15, 0.2) is 5.84 Å². The molecule has 5 heteroatoms. The third-order valence-corrected chi connectivity index (χ3v) is 1.55. The van der Waals surface area contributed by atoms with Crippen LogP contribution in [0.1, 0.15) is 13.3 Å².